The molecule has 2 rings (SSSR count). The van der Waals surface area contributed by atoms with Crippen molar-refractivity contribution in [3.05, 3.63) is 35.4 Å². The molecule has 0 heterocycles. The normalized spacial score (nSPS) is 17.1. The Bertz CT molecular complexity index is 391. The number of benzene rings is 1. The summed E-state index contributed by atoms with van der Waals surface area (Å²) in [7, 11) is 0. The molecule has 1 aromatic carbocycles. The molecule has 1 fully saturated rings. The number of hydrogen-bond acceptors (Lipinski definition) is 2. The molecule has 0 atom stereocenters. The third-order valence-electron chi connectivity index (χ3n) is 3.32. The van der Waals surface area contributed by atoms with Crippen molar-refractivity contribution >= 4 is 5.78 Å². The van der Waals surface area contributed by atoms with Gasteiger partial charge >= 0.3 is 0 Å². The SMILES string of the molecule is CCOCC1(c2cccc(C(C)=O)c2)CC1. The first kappa shape index (κ1) is 11.3. The van der Waals surface area contributed by atoms with E-state index in [9.17, 15) is 4.79 Å². The van der Waals surface area contributed by atoms with Crippen LogP contribution in [0.5, 0.6) is 0 Å². The van der Waals surface area contributed by atoms with Gasteiger partial charge in [-0.25, -0.2) is 0 Å². The van der Waals surface area contributed by atoms with Crippen molar-refractivity contribution in [2.24, 2.45) is 0 Å². The van der Waals surface area contributed by atoms with Gasteiger partial charge in [0.1, 0.15) is 0 Å². The molecule has 0 aromatic heterocycles. The molecule has 0 amide bonds. The molecule has 1 aliphatic rings. The standard InChI is InChI=1S/C14H18O2/c1-3-16-10-14(7-8-14)13-6-4-5-12(9-13)11(2)15/h4-6,9H,3,7-8,10H2,1-2H3. The average molecular weight is 218 g/mol. The molecule has 0 spiro atoms. The van der Waals surface area contributed by atoms with Crippen molar-refractivity contribution in [3.63, 3.8) is 0 Å². The summed E-state index contributed by atoms with van der Waals surface area (Å²) in [6.07, 6.45) is 2.35. The lowest BCUT2D eigenvalue weighted by molar-refractivity contribution is 0.101. The van der Waals surface area contributed by atoms with E-state index in [0.717, 1.165) is 18.8 Å². The molecule has 0 radical (unpaired) electrons. The zero-order chi connectivity index (χ0) is 11.6. The summed E-state index contributed by atoms with van der Waals surface area (Å²) in [5.41, 5.74) is 2.26. The average Bonchev–Trinajstić information content (AvgIpc) is 3.08. The fourth-order valence-corrected chi connectivity index (χ4v) is 2.03. The Balaban J connectivity index is 2.20. The van der Waals surface area contributed by atoms with Crippen LogP contribution in [0.3, 0.4) is 0 Å². The fraction of sp³-hybridized carbons (Fsp3) is 0.500. The first-order valence-electron chi connectivity index (χ1n) is 5.87. The number of carbonyl (C=O) groups excluding carboxylic acids is 1. The Morgan fingerprint density at radius 3 is 2.75 bits per heavy atom. The van der Waals surface area contributed by atoms with Gasteiger partial charge in [0.25, 0.3) is 0 Å². The van der Waals surface area contributed by atoms with Crippen LogP contribution in [-0.2, 0) is 10.2 Å². The Morgan fingerprint density at radius 2 is 2.19 bits per heavy atom. The molecule has 1 aromatic rings. The third-order valence-corrected chi connectivity index (χ3v) is 3.32. The van der Waals surface area contributed by atoms with Crippen molar-refractivity contribution in [1.29, 1.82) is 0 Å². The smallest absolute Gasteiger partial charge is 0.159 e. The van der Waals surface area contributed by atoms with Crippen molar-refractivity contribution < 1.29 is 9.53 Å². The maximum atomic E-state index is 11.3. The lowest BCUT2D eigenvalue weighted by Gasteiger charge is -2.16. The first-order valence-corrected chi connectivity index (χ1v) is 5.87. The molecule has 0 unspecified atom stereocenters. The summed E-state index contributed by atoms with van der Waals surface area (Å²) in [5.74, 6) is 0.133. The largest absolute Gasteiger partial charge is 0.381 e. The number of rotatable bonds is 5. The summed E-state index contributed by atoms with van der Waals surface area (Å²) < 4.78 is 5.53. The van der Waals surface area contributed by atoms with Crippen LogP contribution in [0, 0.1) is 0 Å². The van der Waals surface area contributed by atoms with Gasteiger partial charge in [-0.1, -0.05) is 18.2 Å². The molecule has 0 aliphatic heterocycles. The minimum Gasteiger partial charge on any atom is -0.381 e. The number of ketones is 1. The first-order chi connectivity index (χ1) is 7.68. The van der Waals surface area contributed by atoms with E-state index in [-0.39, 0.29) is 11.2 Å². The molecule has 2 heteroatoms. The van der Waals surface area contributed by atoms with E-state index < -0.39 is 0 Å². The molecule has 16 heavy (non-hydrogen) atoms. The summed E-state index contributed by atoms with van der Waals surface area (Å²) in [6, 6.07) is 7.98. The number of carbonyl (C=O) groups is 1. The predicted octanol–water partition coefficient (Wildman–Crippen LogP) is 2.96. The summed E-state index contributed by atoms with van der Waals surface area (Å²) in [4.78, 5) is 11.3. The highest BCUT2D eigenvalue weighted by Crippen LogP contribution is 2.48. The van der Waals surface area contributed by atoms with Crippen LogP contribution in [0.4, 0.5) is 0 Å². The lowest BCUT2D eigenvalue weighted by Crippen LogP contribution is -2.15. The second kappa shape index (κ2) is 4.38. The van der Waals surface area contributed by atoms with Gasteiger partial charge in [-0.05, 0) is 38.3 Å². The molecule has 1 aliphatic carbocycles. The monoisotopic (exact) mass is 218 g/mol. The highest BCUT2D eigenvalue weighted by atomic mass is 16.5. The van der Waals surface area contributed by atoms with Gasteiger partial charge < -0.3 is 4.74 Å². The number of hydrogen-bond donors (Lipinski definition) is 0. The molecular weight excluding hydrogens is 200 g/mol. The minimum absolute atomic E-state index is 0.133. The predicted molar refractivity (Wildman–Crippen MR) is 63.9 cm³/mol. The van der Waals surface area contributed by atoms with Crippen LogP contribution in [0.15, 0.2) is 24.3 Å². The van der Waals surface area contributed by atoms with Gasteiger partial charge in [-0.2, -0.15) is 0 Å². The van der Waals surface area contributed by atoms with Gasteiger partial charge in [0.15, 0.2) is 5.78 Å². The maximum absolute atomic E-state index is 11.3. The second-order valence-electron chi connectivity index (χ2n) is 4.55. The van der Waals surface area contributed by atoms with Crippen LogP contribution in [0.1, 0.15) is 42.6 Å². The van der Waals surface area contributed by atoms with E-state index in [0.29, 0.717) is 0 Å². The molecular formula is C14H18O2. The molecule has 0 N–H and O–H groups in total. The zero-order valence-electron chi connectivity index (χ0n) is 9.95. The van der Waals surface area contributed by atoms with Gasteiger partial charge in [0, 0.05) is 17.6 Å². The molecule has 0 bridgehead atoms. The van der Waals surface area contributed by atoms with Crippen LogP contribution < -0.4 is 0 Å². The highest BCUT2D eigenvalue weighted by Gasteiger charge is 2.44. The van der Waals surface area contributed by atoms with Crippen LogP contribution in [0.25, 0.3) is 0 Å². The van der Waals surface area contributed by atoms with Gasteiger partial charge in [0.2, 0.25) is 0 Å². The lowest BCUT2D eigenvalue weighted by atomic mass is 9.94. The van der Waals surface area contributed by atoms with E-state index in [2.05, 4.69) is 6.07 Å². The Kier molecular flexibility index (Phi) is 3.10. The van der Waals surface area contributed by atoms with E-state index in [4.69, 9.17) is 4.74 Å². The molecule has 0 saturated heterocycles. The molecule has 2 nitrogen and oxygen atoms in total. The Labute approximate surface area is 96.6 Å². The second-order valence-corrected chi connectivity index (χ2v) is 4.55. The highest BCUT2D eigenvalue weighted by molar-refractivity contribution is 5.94. The number of Topliss-reactive ketones (excluding diaryl/α,β-unsaturated/α-hetero) is 1. The van der Waals surface area contributed by atoms with Gasteiger partial charge in [0.05, 0.1) is 6.61 Å². The van der Waals surface area contributed by atoms with Gasteiger partial charge in [-0.3, -0.25) is 4.79 Å². The molecule has 86 valence electrons. The summed E-state index contributed by atoms with van der Waals surface area (Å²) in [5, 5.41) is 0. The van der Waals surface area contributed by atoms with Crippen LogP contribution >= 0.6 is 0 Å². The topological polar surface area (TPSA) is 26.3 Å². The number of ether oxygens (including phenoxy) is 1. The quantitative estimate of drug-likeness (QED) is 0.710. The van der Waals surface area contributed by atoms with Crippen molar-refractivity contribution in [2.75, 3.05) is 13.2 Å². The van der Waals surface area contributed by atoms with Crippen molar-refractivity contribution in [2.45, 2.75) is 32.1 Å². The Hall–Kier alpha value is -1.15. The minimum atomic E-state index is 0.133. The summed E-state index contributed by atoms with van der Waals surface area (Å²) >= 11 is 0. The van der Waals surface area contributed by atoms with Crippen LogP contribution in [-0.4, -0.2) is 19.0 Å². The van der Waals surface area contributed by atoms with Crippen molar-refractivity contribution in [1.82, 2.24) is 0 Å². The zero-order valence-corrected chi connectivity index (χ0v) is 9.95. The summed E-state index contributed by atoms with van der Waals surface area (Å²) in [6.45, 7) is 5.17. The fourth-order valence-electron chi connectivity index (χ4n) is 2.03. The van der Waals surface area contributed by atoms with E-state index in [1.54, 1.807) is 6.92 Å². The molecule has 1 saturated carbocycles. The van der Waals surface area contributed by atoms with Crippen LogP contribution in [0.2, 0.25) is 0 Å². The maximum Gasteiger partial charge on any atom is 0.159 e. The van der Waals surface area contributed by atoms with E-state index in [1.165, 1.54) is 18.4 Å². The third kappa shape index (κ3) is 2.17. The van der Waals surface area contributed by atoms with E-state index in [1.807, 2.05) is 25.1 Å². The Morgan fingerprint density at radius 1 is 1.44 bits per heavy atom. The van der Waals surface area contributed by atoms with Gasteiger partial charge in [-0.15, -0.1) is 0 Å². The van der Waals surface area contributed by atoms with E-state index >= 15 is 0 Å². The van der Waals surface area contributed by atoms with Crippen molar-refractivity contribution in [3.8, 4) is 0 Å².